The number of unbranched alkanes of at least 4 members (excludes halogenated alkanes) is 1. The first kappa shape index (κ1) is 47.3. The zero-order valence-corrected chi connectivity index (χ0v) is 39.5. The van der Waals surface area contributed by atoms with E-state index in [0.717, 1.165) is 35.7 Å². The van der Waals surface area contributed by atoms with Crippen LogP contribution in [0.2, 0.25) is 10.0 Å². The van der Waals surface area contributed by atoms with Crippen molar-refractivity contribution in [2.75, 3.05) is 0 Å². The summed E-state index contributed by atoms with van der Waals surface area (Å²) in [7, 11) is 0. The molecule has 0 saturated heterocycles. The topological polar surface area (TPSA) is 0 Å². The minimum atomic E-state index is 0. The van der Waals surface area contributed by atoms with E-state index in [2.05, 4.69) is 144 Å². The van der Waals surface area contributed by atoms with Gasteiger partial charge in [0.1, 0.15) is 0 Å². The molecule has 0 spiro atoms. The van der Waals surface area contributed by atoms with Crippen molar-refractivity contribution in [3.8, 4) is 22.3 Å². The van der Waals surface area contributed by atoms with Crippen molar-refractivity contribution in [3.05, 3.63) is 195 Å². The molecule has 0 heterocycles. The van der Waals surface area contributed by atoms with E-state index in [0.29, 0.717) is 0 Å². The first-order valence-electron chi connectivity index (χ1n) is 19.7. The smallest absolute Gasteiger partial charge is 0.109 e. The molecule has 0 unspecified atom stereocenters. The molecule has 0 aliphatic heterocycles. The Morgan fingerprint density at radius 3 is 1.69 bits per heavy atom. The summed E-state index contributed by atoms with van der Waals surface area (Å²) in [5, 5.41) is 7.16. The third kappa shape index (κ3) is 12.6. The SMILES string of the molecule is CCCCc1c(-c2ccc(C)cc2)c(C)cc2c1[cH-]c1cc(-c3ccc(C)cc3)c(C)cc12.Clc1ccc(C[C](=[Zr+2])Cc2ccc(Cl)cc2)cc1.[C-]1=CC=CC1.[Cl-].[Cl-]. The minimum absolute atomic E-state index is 0. The number of benzene rings is 6. The van der Waals surface area contributed by atoms with Gasteiger partial charge >= 0.3 is 133 Å². The molecule has 0 nitrogen and oxygen atoms in total. The number of fused-ring (bicyclic) bond motifs is 3. The van der Waals surface area contributed by atoms with Crippen LogP contribution in [0.4, 0.5) is 0 Å². The van der Waals surface area contributed by atoms with Crippen LogP contribution < -0.4 is 24.8 Å². The molecule has 7 aromatic carbocycles. The van der Waals surface area contributed by atoms with Gasteiger partial charge in [-0.15, -0.1) is 40.1 Å². The number of allylic oxidation sites excluding steroid dienone is 4. The average Bonchev–Trinajstić information content (AvgIpc) is 3.89. The molecule has 1 aliphatic rings. The van der Waals surface area contributed by atoms with Crippen LogP contribution in [-0.2, 0) is 43.5 Å². The molecule has 7 aromatic rings. The molecule has 1 aliphatic carbocycles. The van der Waals surface area contributed by atoms with Crippen molar-refractivity contribution >= 4 is 48.0 Å². The van der Waals surface area contributed by atoms with Crippen molar-refractivity contribution in [2.24, 2.45) is 0 Å². The van der Waals surface area contributed by atoms with Crippen LogP contribution in [0.1, 0.15) is 65.1 Å². The molecule has 0 saturated carbocycles. The van der Waals surface area contributed by atoms with E-state index in [1.165, 1.54) is 123 Å². The second kappa shape index (κ2) is 22.8. The maximum atomic E-state index is 5.88. The molecule has 8 rings (SSSR count). The molecule has 0 aromatic heterocycles. The van der Waals surface area contributed by atoms with Crippen molar-refractivity contribution < 1.29 is 49.0 Å². The predicted octanol–water partition coefficient (Wildman–Crippen LogP) is 9.43. The summed E-state index contributed by atoms with van der Waals surface area (Å²) in [5.74, 6) is 0. The van der Waals surface area contributed by atoms with E-state index >= 15 is 0 Å². The number of halogens is 4. The van der Waals surface area contributed by atoms with Gasteiger partial charge in [-0.2, -0.15) is 6.08 Å². The minimum Gasteiger partial charge on any atom is -1.00 e. The first-order valence-corrected chi connectivity index (χ1v) is 21.6. The molecule has 0 atom stereocenters. The van der Waals surface area contributed by atoms with E-state index in [1.807, 2.05) is 36.4 Å². The van der Waals surface area contributed by atoms with E-state index in [1.54, 1.807) is 0 Å². The molecule has 296 valence electrons. The molecular weight excluding hydrogens is 870 g/mol. The van der Waals surface area contributed by atoms with Gasteiger partial charge in [0, 0.05) is 0 Å². The van der Waals surface area contributed by atoms with Gasteiger partial charge in [0.25, 0.3) is 0 Å². The molecular formula is C53H50Cl4Zr-2. The third-order valence-corrected chi connectivity index (χ3v) is 11.8. The van der Waals surface area contributed by atoms with Crippen LogP contribution in [0.5, 0.6) is 0 Å². The van der Waals surface area contributed by atoms with Gasteiger partial charge < -0.3 is 24.8 Å². The van der Waals surface area contributed by atoms with Gasteiger partial charge in [-0.3, -0.25) is 6.08 Å². The van der Waals surface area contributed by atoms with E-state index < -0.39 is 0 Å². The van der Waals surface area contributed by atoms with E-state index in [9.17, 15) is 0 Å². The largest absolute Gasteiger partial charge is 1.00 e. The van der Waals surface area contributed by atoms with Crippen molar-refractivity contribution in [3.63, 3.8) is 0 Å². The van der Waals surface area contributed by atoms with Gasteiger partial charge in [-0.05, 0) is 49.9 Å². The maximum Gasteiger partial charge on any atom is -0.109 e. The average molecular weight is 920 g/mol. The van der Waals surface area contributed by atoms with Crippen molar-refractivity contribution in [1.29, 1.82) is 0 Å². The summed E-state index contributed by atoms with van der Waals surface area (Å²) in [6, 6.07) is 43.8. The summed E-state index contributed by atoms with van der Waals surface area (Å²) < 4.78 is 1.52. The normalized spacial score (nSPS) is 11.3. The van der Waals surface area contributed by atoms with Crippen molar-refractivity contribution in [1.82, 2.24) is 0 Å². The molecule has 5 heteroatoms. The van der Waals surface area contributed by atoms with E-state index in [-0.39, 0.29) is 24.8 Å². The Labute approximate surface area is 383 Å². The van der Waals surface area contributed by atoms with Gasteiger partial charge in [0.05, 0.1) is 0 Å². The quantitative estimate of drug-likeness (QED) is 0.127. The van der Waals surface area contributed by atoms with Gasteiger partial charge in [-0.25, -0.2) is 12.2 Å². The molecule has 0 radical (unpaired) electrons. The molecule has 58 heavy (non-hydrogen) atoms. The van der Waals surface area contributed by atoms with E-state index in [4.69, 9.17) is 23.2 Å². The Hall–Kier alpha value is -3.42. The van der Waals surface area contributed by atoms with Crippen LogP contribution in [0.15, 0.2) is 140 Å². The standard InChI is InChI=1S/C33H33.C15H12Cl2.C5H5.2ClH.Zr/c1-6-7-8-28-32-20-27-19-29(25-13-9-21(2)10-14-25)23(4)17-30(27)31(32)18-24(5)33(28)26-15-11-22(3)12-16-26;16-14-8-4-12(5-9-14)2-1-3-13-6-10-15(17)11-7-13;1-2-4-5-3-1;;;/h9-20H,6-8H2,1-5H3;4-11H,2-3H2;1-3H,4H2;2*1H;/q-1;;-1;;;+2/p-2. The van der Waals surface area contributed by atoms with Crippen LogP contribution in [0.3, 0.4) is 0 Å². The molecule has 0 amide bonds. The monoisotopic (exact) mass is 916 g/mol. The molecule has 0 bridgehead atoms. The Kier molecular flexibility index (Phi) is 18.6. The Morgan fingerprint density at radius 1 is 0.672 bits per heavy atom. The second-order valence-corrected chi connectivity index (χ2v) is 17.6. The van der Waals surface area contributed by atoms with Crippen LogP contribution in [-0.4, -0.2) is 3.21 Å². The second-order valence-electron chi connectivity index (χ2n) is 15.0. The third-order valence-electron chi connectivity index (χ3n) is 10.4. The molecule has 0 fully saturated rings. The summed E-state index contributed by atoms with van der Waals surface area (Å²) in [6.07, 6.45) is 15.6. The fourth-order valence-corrected chi connectivity index (χ4v) is 8.66. The number of hydrogen-bond acceptors (Lipinski definition) is 0. The Bertz CT molecular complexity index is 2410. The van der Waals surface area contributed by atoms with Gasteiger partial charge in [-0.1, -0.05) is 115 Å². The van der Waals surface area contributed by atoms with Gasteiger partial charge in [0.2, 0.25) is 0 Å². The van der Waals surface area contributed by atoms with Crippen molar-refractivity contribution in [2.45, 2.75) is 73.1 Å². The Morgan fingerprint density at radius 2 is 1.21 bits per heavy atom. The van der Waals surface area contributed by atoms with Gasteiger partial charge in [0.15, 0.2) is 0 Å². The summed E-state index contributed by atoms with van der Waals surface area (Å²) in [6.45, 7) is 11.1. The summed E-state index contributed by atoms with van der Waals surface area (Å²) in [4.78, 5) is 0. The summed E-state index contributed by atoms with van der Waals surface area (Å²) >= 11 is 13.2. The molecule has 0 N–H and O–H groups in total. The Balaban J connectivity index is 0.000000250. The predicted molar refractivity (Wildman–Crippen MR) is 242 cm³/mol. The fraction of sp³-hybridized carbons (Fsp3) is 0.208. The first-order chi connectivity index (χ1) is 27.1. The summed E-state index contributed by atoms with van der Waals surface area (Å²) in [5.41, 5.74) is 14.9. The number of aryl methyl sites for hydroxylation is 5. The van der Waals surface area contributed by atoms with Crippen LogP contribution >= 0.6 is 23.2 Å². The van der Waals surface area contributed by atoms with Crippen LogP contribution in [0.25, 0.3) is 43.8 Å². The number of rotatable bonds is 9. The zero-order chi connectivity index (χ0) is 39.6. The maximum absolute atomic E-state index is 5.88. The number of hydrogen-bond donors (Lipinski definition) is 0. The fourth-order valence-electron chi connectivity index (χ4n) is 7.40. The zero-order valence-electron chi connectivity index (χ0n) is 34.0. The van der Waals surface area contributed by atoms with Crippen LogP contribution in [0, 0.1) is 33.8 Å².